The molecule has 0 saturated carbocycles. The Hall–Kier alpha value is -3.39. The Morgan fingerprint density at radius 2 is 1.63 bits per heavy atom. The van der Waals surface area contributed by atoms with Crippen LogP contribution < -0.4 is 14.8 Å². The molecule has 2 aromatic carbocycles. The van der Waals surface area contributed by atoms with Crippen LogP contribution in [-0.4, -0.2) is 51.2 Å². The van der Waals surface area contributed by atoms with E-state index in [4.69, 9.17) is 14.2 Å². The lowest BCUT2D eigenvalue weighted by atomic mass is 10.0. The van der Waals surface area contributed by atoms with Gasteiger partial charge in [0.05, 0.1) is 19.8 Å². The monoisotopic (exact) mass is 414 g/mol. The van der Waals surface area contributed by atoms with E-state index in [9.17, 15) is 14.0 Å². The molecular weight excluding hydrogens is 391 g/mol. The highest BCUT2D eigenvalue weighted by molar-refractivity contribution is 6.36. The van der Waals surface area contributed by atoms with Crippen LogP contribution in [0.1, 0.15) is 12.0 Å². The van der Waals surface area contributed by atoms with E-state index in [0.717, 1.165) is 0 Å². The van der Waals surface area contributed by atoms with Crippen LogP contribution >= 0.6 is 0 Å². The lowest BCUT2D eigenvalue weighted by Crippen LogP contribution is -2.33. The lowest BCUT2D eigenvalue weighted by Gasteiger charge is -2.15. The number of nitrogens with one attached hydrogen (secondary N) is 1. The molecule has 30 heavy (non-hydrogen) atoms. The molecule has 1 aliphatic rings. The van der Waals surface area contributed by atoms with Gasteiger partial charge in [-0.05, 0) is 36.2 Å². The van der Waals surface area contributed by atoms with Crippen LogP contribution in [0.25, 0.3) is 5.57 Å². The fourth-order valence-corrected chi connectivity index (χ4v) is 3.20. The van der Waals surface area contributed by atoms with Crippen molar-refractivity contribution < 1.29 is 28.2 Å². The zero-order valence-corrected chi connectivity index (χ0v) is 17.0. The van der Waals surface area contributed by atoms with Crippen LogP contribution in [-0.2, 0) is 14.3 Å². The molecule has 0 saturated heterocycles. The van der Waals surface area contributed by atoms with Crippen LogP contribution in [0.4, 0.5) is 10.1 Å². The number of carbonyl (C=O) groups is 2. The Balaban J connectivity index is 2.00. The van der Waals surface area contributed by atoms with Crippen molar-refractivity contribution in [2.45, 2.75) is 6.42 Å². The molecule has 0 atom stereocenters. The van der Waals surface area contributed by atoms with Gasteiger partial charge in [-0.15, -0.1) is 0 Å². The van der Waals surface area contributed by atoms with Gasteiger partial charge in [0.2, 0.25) is 0 Å². The number of rotatable bonds is 9. The molecule has 0 radical (unpaired) electrons. The predicted molar refractivity (Wildman–Crippen MR) is 110 cm³/mol. The molecule has 0 spiro atoms. The third-order valence-electron chi connectivity index (χ3n) is 4.68. The average molecular weight is 414 g/mol. The first kappa shape index (κ1) is 21.3. The lowest BCUT2D eigenvalue weighted by molar-refractivity contribution is -0.136. The van der Waals surface area contributed by atoms with Crippen molar-refractivity contribution in [3.63, 3.8) is 0 Å². The smallest absolute Gasteiger partial charge is 0.278 e. The van der Waals surface area contributed by atoms with Gasteiger partial charge in [-0.2, -0.15) is 0 Å². The highest BCUT2D eigenvalue weighted by Crippen LogP contribution is 2.34. The standard InChI is InChI=1S/C22H23FN2O5/c1-28-12-4-11-25-21(26)19(14-5-7-15(23)8-6-14)20(22(25)27)24-16-9-10-17(29-2)18(13-16)30-3/h5-10,13,24H,4,11-12H2,1-3H3. The van der Waals surface area contributed by atoms with E-state index in [2.05, 4.69) is 5.32 Å². The molecule has 2 aromatic rings. The van der Waals surface area contributed by atoms with Crippen molar-refractivity contribution in [3.05, 3.63) is 59.5 Å². The van der Waals surface area contributed by atoms with Crippen LogP contribution in [0.15, 0.2) is 48.2 Å². The second-order valence-corrected chi connectivity index (χ2v) is 6.56. The van der Waals surface area contributed by atoms with Crippen LogP contribution in [0.2, 0.25) is 0 Å². The minimum atomic E-state index is -0.454. The van der Waals surface area contributed by atoms with Gasteiger partial charge >= 0.3 is 0 Å². The van der Waals surface area contributed by atoms with E-state index in [0.29, 0.717) is 35.8 Å². The first-order valence-corrected chi connectivity index (χ1v) is 9.34. The van der Waals surface area contributed by atoms with E-state index in [1.54, 1.807) is 25.3 Å². The third kappa shape index (κ3) is 4.28. The maximum Gasteiger partial charge on any atom is 0.278 e. The van der Waals surface area contributed by atoms with Crippen LogP contribution in [0.3, 0.4) is 0 Å². The van der Waals surface area contributed by atoms with Gasteiger partial charge in [-0.25, -0.2) is 4.39 Å². The SMILES string of the molecule is COCCCN1C(=O)C(Nc2ccc(OC)c(OC)c2)=C(c2ccc(F)cc2)C1=O. The van der Waals surface area contributed by atoms with Crippen molar-refractivity contribution in [2.24, 2.45) is 0 Å². The number of hydrogen-bond acceptors (Lipinski definition) is 6. The summed E-state index contributed by atoms with van der Waals surface area (Å²) in [7, 11) is 4.59. The topological polar surface area (TPSA) is 77.1 Å². The maximum atomic E-state index is 13.4. The number of ether oxygens (including phenoxy) is 3. The quantitative estimate of drug-likeness (QED) is 0.502. The van der Waals surface area contributed by atoms with Crippen LogP contribution in [0, 0.1) is 5.82 Å². The number of benzene rings is 2. The largest absolute Gasteiger partial charge is 0.493 e. The maximum absolute atomic E-state index is 13.4. The Kier molecular flexibility index (Phi) is 6.68. The summed E-state index contributed by atoms with van der Waals surface area (Å²) >= 11 is 0. The molecule has 0 unspecified atom stereocenters. The van der Waals surface area contributed by atoms with E-state index in [1.165, 1.54) is 43.4 Å². The average Bonchev–Trinajstić information content (AvgIpc) is 2.98. The fraction of sp³-hybridized carbons (Fsp3) is 0.273. The van der Waals surface area contributed by atoms with Crippen molar-refractivity contribution >= 4 is 23.1 Å². The Labute approximate surface area is 174 Å². The molecule has 0 aliphatic carbocycles. The predicted octanol–water partition coefficient (Wildman–Crippen LogP) is 3.07. The molecule has 158 valence electrons. The highest BCUT2D eigenvalue weighted by Gasteiger charge is 2.38. The Morgan fingerprint density at radius 3 is 2.27 bits per heavy atom. The van der Waals surface area contributed by atoms with Crippen molar-refractivity contribution in [1.82, 2.24) is 4.90 Å². The van der Waals surface area contributed by atoms with Gasteiger partial charge in [0.1, 0.15) is 11.5 Å². The van der Waals surface area contributed by atoms with Crippen molar-refractivity contribution in [1.29, 1.82) is 0 Å². The molecule has 0 fully saturated rings. The van der Waals surface area contributed by atoms with E-state index in [1.807, 2.05) is 0 Å². The minimum absolute atomic E-state index is 0.122. The zero-order valence-electron chi connectivity index (χ0n) is 17.0. The molecular formula is C22H23FN2O5. The zero-order chi connectivity index (χ0) is 21.7. The fourth-order valence-electron chi connectivity index (χ4n) is 3.20. The summed E-state index contributed by atoms with van der Waals surface area (Å²) in [6.45, 7) is 0.634. The summed E-state index contributed by atoms with van der Waals surface area (Å²) in [6.07, 6.45) is 0.508. The molecule has 0 aromatic heterocycles. The molecule has 1 aliphatic heterocycles. The van der Waals surface area contributed by atoms with Crippen molar-refractivity contribution in [2.75, 3.05) is 39.8 Å². The summed E-state index contributed by atoms with van der Waals surface area (Å²) in [4.78, 5) is 27.3. The number of amides is 2. The second kappa shape index (κ2) is 9.41. The van der Waals surface area contributed by atoms with Gasteiger partial charge in [0.25, 0.3) is 11.8 Å². The molecule has 2 amide bonds. The molecule has 8 heteroatoms. The summed E-state index contributed by atoms with van der Waals surface area (Å²) in [5.74, 6) is -0.315. The molecule has 7 nitrogen and oxygen atoms in total. The number of imide groups is 1. The number of methoxy groups -OCH3 is 3. The van der Waals surface area contributed by atoms with Gasteiger partial charge in [-0.1, -0.05) is 12.1 Å². The summed E-state index contributed by atoms with van der Waals surface area (Å²) in [5.41, 5.74) is 1.30. The van der Waals surface area contributed by atoms with E-state index >= 15 is 0 Å². The van der Waals surface area contributed by atoms with Crippen molar-refractivity contribution in [3.8, 4) is 11.5 Å². The van der Waals surface area contributed by atoms with Gasteiger partial charge in [-0.3, -0.25) is 14.5 Å². The number of nitrogens with zero attached hydrogens (tertiary/aromatic N) is 1. The normalized spacial score (nSPS) is 13.8. The summed E-state index contributed by atoms with van der Waals surface area (Å²) in [6, 6.07) is 10.5. The summed E-state index contributed by atoms with van der Waals surface area (Å²) < 4.78 is 28.9. The number of halogens is 1. The highest BCUT2D eigenvalue weighted by atomic mass is 19.1. The molecule has 1 N–H and O–H groups in total. The number of carbonyl (C=O) groups excluding carboxylic acids is 2. The first-order valence-electron chi connectivity index (χ1n) is 9.34. The van der Waals surface area contributed by atoms with Gasteiger partial charge < -0.3 is 19.5 Å². The van der Waals surface area contributed by atoms with Gasteiger partial charge in [0.15, 0.2) is 11.5 Å². The Bertz CT molecular complexity index is 972. The summed E-state index contributed by atoms with van der Waals surface area (Å²) in [5, 5.41) is 3.04. The molecule has 3 rings (SSSR count). The third-order valence-corrected chi connectivity index (χ3v) is 4.68. The molecule has 1 heterocycles. The Morgan fingerprint density at radius 1 is 0.933 bits per heavy atom. The van der Waals surface area contributed by atoms with Crippen LogP contribution in [0.5, 0.6) is 11.5 Å². The van der Waals surface area contributed by atoms with E-state index < -0.39 is 17.6 Å². The first-order chi connectivity index (χ1) is 14.5. The number of anilines is 1. The second-order valence-electron chi connectivity index (χ2n) is 6.56. The molecule has 0 bridgehead atoms. The number of hydrogen-bond donors (Lipinski definition) is 1. The van der Waals surface area contributed by atoms with E-state index in [-0.39, 0.29) is 17.8 Å². The van der Waals surface area contributed by atoms with Gasteiger partial charge in [0, 0.05) is 32.0 Å². The minimum Gasteiger partial charge on any atom is -0.493 e.